The van der Waals surface area contributed by atoms with Crippen molar-refractivity contribution in [2.45, 2.75) is 0 Å². The SMILES string of the molecule is COCCOCCN(C)c1cnc(C(=O)O)cn1. The van der Waals surface area contributed by atoms with E-state index in [1.165, 1.54) is 12.4 Å². The van der Waals surface area contributed by atoms with Gasteiger partial charge in [-0.3, -0.25) is 0 Å². The summed E-state index contributed by atoms with van der Waals surface area (Å²) in [6.45, 7) is 2.30. The summed E-state index contributed by atoms with van der Waals surface area (Å²) < 4.78 is 10.2. The number of ether oxygens (including phenoxy) is 2. The lowest BCUT2D eigenvalue weighted by Gasteiger charge is -2.17. The Morgan fingerprint density at radius 3 is 2.67 bits per heavy atom. The Hall–Kier alpha value is -1.73. The first-order valence-corrected chi connectivity index (χ1v) is 5.48. The second-order valence-electron chi connectivity index (χ2n) is 3.59. The monoisotopic (exact) mass is 255 g/mol. The van der Waals surface area contributed by atoms with Gasteiger partial charge in [0.05, 0.1) is 32.2 Å². The molecule has 0 bridgehead atoms. The van der Waals surface area contributed by atoms with Crippen LogP contribution in [-0.4, -0.2) is 61.6 Å². The summed E-state index contributed by atoms with van der Waals surface area (Å²) in [6, 6.07) is 0. The fraction of sp³-hybridized carbons (Fsp3) is 0.545. The van der Waals surface area contributed by atoms with Crippen LogP contribution in [0.3, 0.4) is 0 Å². The standard InChI is InChI=1S/C11H17N3O4/c1-14(3-4-18-6-5-17-2)10-8-12-9(7-13-10)11(15)16/h7-8H,3-6H2,1-2H3,(H,15,16). The van der Waals surface area contributed by atoms with E-state index < -0.39 is 5.97 Å². The van der Waals surface area contributed by atoms with Crippen LogP contribution in [0.25, 0.3) is 0 Å². The van der Waals surface area contributed by atoms with E-state index >= 15 is 0 Å². The molecule has 0 fully saturated rings. The zero-order chi connectivity index (χ0) is 13.4. The van der Waals surface area contributed by atoms with Crippen LogP contribution in [0.5, 0.6) is 0 Å². The smallest absolute Gasteiger partial charge is 0.356 e. The fourth-order valence-corrected chi connectivity index (χ4v) is 1.19. The molecule has 100 valence electrons. The van der Waals surface area contributed by atoms with Crippen molar-refractivity contribution < 1.29 is 19.4 Å². The van der Waals surface area contributed by atoms with Gasteiger partial charge in [0, 0.05) is 20.7 Å². The van der Waals surface area contributed by atoms with E-state index in [1.54, 1.807) is 7.11 Å². The van der Waals surface area contributed by atoms with E-state index in [9.17, 15) is 4.79 Å². The Morgan fingerprint density at radius 2 is 2.11 bits per heavy atom. The average molecular weight is 255 g/mol. The maximum atomic E-state index is 10.6. The zero-order valence-electron chi connectivity index (χ0n) is 10.5. The molecule has 1 aromatic heterocycles. The number of hydrogen-bond donors (Lipinski definition) is 1. The lowest BCUT2D eigenvalue weighted by molar-refractivity contribution is 0.0690. The Labute approximate surface area is 105 Å². The van der Waals surface area contributed by atoms with Gasteiger partial charge in [-0.05, 0) is 0 Å². The summed E-state index contributed by atoms with van der Waals surface area (Å²) in [5, 5.41) is 8.69. The largest absolute Gasteiger partial charge is 0.476 e. The van der Waals surface area contributed by atoms with E-state index in [-0.39, 0.29) is 5.69 Å². The third-order valence-electron chi connectivity index (χ3n) is 2.25. The Bertz CT molecular complexity index is 369. The van der Waals surface area contributed by atoms with Gasteiger partial charge < -0.3 is 19.5 Å². The van der Waals surface area contributed by atoms with Crippen molar-refractivity contribution in [3.8, 4) is 0 Å². The highest BCUT2D eigenvalue weighted by Gasteiger charge is 2.07. The topological polar surface area (TPSA) is 84.8 Å². The predicted octanol–water partition coefficient (Wildman–Crippen LogP) is 0.274. The zero-order valence-corrected chi connectivity index (χ0v) is 10.5. The van der Waals surface area contributed by atoms with Crippen LogP contribution in [-0.2, 0) is 9.47 Å². The highest BCUT2D eigenvalue weighted by atomic mass is 16.5. The number of rotatable bonds is 8. The molecule has 1 heterocycles. The van der Waals surface area contributed by atoms with Crippen LogP contribution in [0.1, 0.15) is 10.5 Å². The molecule has 7 heteroatoms. The molecule has 0 amide bonds. The maximum Gasteiger partial charge on any atom is 0.356 e. The van der Waals surface area contributed by atoms with Gasteiger partial charge in [0.25, 0.3) is 0 Å². The Balaban J connectivity index is 2.37. The number of nitrogens with zero attached hydrogens (tertiary/aromatic N) is 3. The number of anilines is 1. The maximum absolute atomic E-state index is 10.6. The lowest BCUT2D eigenvalue weighted by atomic mass is 10.4. The van der Waals surface area contributed by atoms with Crippen LogP contribution in [0, 0.1) is 0 Å². The highest BCUT2D eigenvalue weighted by molar-refractivity contribution is 5.84. The number of aromatic nitrogens is 2. The summed E-state index contributed by atoms with van der Waals surface area (Å²) in [5.74, 6) is -0.477. The van der Waals surface area contributed by atoms with Crippen molar-refractivity contribution in [1.29, 1.82) is 0 Å². The number of carbonyl (C=O) groups is 1. The molecule has 1 aromatic rings. The molecule has 0 saturated carbocycles. The lowest BCUT2D eigenvalue weighted by Crippen LogP contribution is -2.24. The third-order valence-corrected chi connectivity index (χ3v) is 2.25. The minimum Gasteiger partial charge on any atom is -0.476 e. The van der Waals surface area contributed by atoms with Crippen LogP contribution >= 0.6 is 0 Å². The first-order chi connectivity index (χ1) is 8.65. The first-order valence-electron chi connectivity index (χ1n) is 5.48. The van der Waals surface area contributed by atoms with Crippen LogP contribution < -0.4 is 4.90 Å². The van der Waals surface area contributed by atoms with Gasteiger partial charge in [-0.15, -0.1) is 0 Å². The van der Waals surface area contributed by atoms with Gasteiger partial charge in [-0.1, -0.05) is 0 Å². The second kappa shape index (κ2) is 7.57. The molecule has 7 nitrogen and oxygen atoms in total. The normalized spacial score (nSPS) is 10.3. The van der Waals surface area contributed by atoms with E-state index in [4.69, 9.17) is 14.6 Å². The molecule has 0 aliphatic rings. The Kier molecular flexibility index (Phi) is 6.03. The molecule has 0 aliphatic carbocycles. The van der Waals surface area contributed by atoms with Gasteiger partial charge in [-0.25, -0.2) is 14.8 Å². The molecule has 0 unspecified atom stereocenters. The number of methoxy groups -OCH3 is 1. The molecule has 0 spiro atoms. The molecule has 0 aromatic carbocycles. The molecule has 18 heavy (non-hydrogen) atoms. The summed E-state index contributed by atoms with van der Waals surface area (Å²) in [7, 11) is 3.46. The van der Waals surface area contributed by atoms with Crippen molar-refractivity contribution >= 4 is 11.8 Å². The summed E-state index contributed by atoms with van der Waals surface area (Å²) >= 11 is 0. The van der Waals surface area contributed by atoms with Gasteiger partial charge in [0.2, 0.25) is 0 Å². The second-order valence-corrected chi connectivity index (χ2v) is 3.59. The molecule has 1 N–H and O–H groups in total. The number of carboxylic acid groups (broad SMARTS) is 1. The van der Waals surface area contributed by atoms with Crippen molar-refractivity contribution in [3.05, 3.63) is 18.1 Å². The van der Waals surface area contributed by atoms with Gasteiger partial charge in [-0.2, -0.15) is 0 Å². The van der Waals surface area contributed by atoms with Crippen molar-refractivity contribution in [3.63, 3.8) is 0 Å². The minimum atomic E-state index is -1.08. The fourth-order valence-electron chi connectivity index (χ4n) is 1.19. The van der Waals surface area contributed by atoms with Crippen LogP contribution in [0.2, 0.25) is 0 Å². The van der Waals surface area contributed by atoms with E-state index in [2.05, 4.69) is 9.97 Å². The number of hydrogen-bond acceptors (Lipinski definition) is 6. The number of carboxylic acids is 1. The quantitative estimate of drug-likeness (QED) is 0.667. The van der Waals surface area contributed by atoms with E-state index in [0.29, 0.717) is 32.2 Å². The highest BCUT2D eigenvalue weighted by Crippen LogP contribution is 2.06. The van der Waals surface area contributed by atoms with Crippen LogP contribution in [0.15, 0.2) is 12.4 Å². The molecule has 0 aliphatic heterocycles. The van der Waals surface area contributed by atoms with Crippen LogP contribution in [0.4, 0.5) is 5.82 Å². The summed E-state index contributed by atoms with van der Waals surface area (Å²) in [4.78, 5) is 20.3. The molecular weight excluding hydrogens is 238 g/mol. The summed E-state index contributed by atoms with van der Waals surface area (Å²) in [5.41, 5.74) is -0.0662. The summed E-state index contributed by atoms with van der Waals surface area (Å²) in [6.07, 6.45) is 2.67. The molecule has 0 atom stereocenters. The predicted molar refractivity (Wildman–Crippen MR) is 65.0 cm³/mol. The van der Waals surface area contributed by atoms with E-state index in [0.717, 1.165) is 0 Å². The number of likely N-dealkylation sites (N-methyl/N-ethyl adjacent to an activating group) is 1. The van der Waals surface area contributed by atoms with E-state index in [1.807, 2.05) is 11.9 Å². The average Bonchev–Trinajstić information content (AvgIpc) is 2.38. The molecule has 1 rings (SSSR count). The van der Waals surface area contributed by atoms with Crippen molar-refractivity contribution in [2.24, 2.45) is 0 Å². The molecular formula is C11H17N3O4. The van der Waals surface area contributed by atoms with Crippen molar-refractivity contribution in [1.82, 2.24) is 9.97 Å². The van der Waals surface area contributed by atoms with Crippen molar-refractivity contribution in [2.75, 3.05) is 45.4 Å². The minimum absolute atomic E-state index is 0.0662. The van der Waals surface area contributed by atoms with Gasteiger partial charge >= 0.3 is 5.97 Å². The molecule has 0 radical (unpaired) electrons. The first kappa shape index (κ1) is 14.3. The van der Waals surface area contributed by atoms with Gasteiger partial charge in [0.15, 0.2) is 5.69 Å². The van der Waals surface area contributed by atoms with Gasteiger partial charge in [0.1, 0.15) is 5.82 Å². The number of aromatic carboxylic acids is 1. The third kappa shape index (κ3) is 4.64. The Morgan fingerprint density at radius 1 is 1.33 bits per heavy atom. The molecule has 0 saturated heterocycles.